The first-order valence-corrected chi connectivity index (χ1v) is 5.59. The molecular formula is C12H18O. The van der Waals surface area contributed by atoms with E-state index in [0.29, 0.717) is 11.8 Å². The van der Waals surface area contributed by atoms with Gasteiger partial charge in [0.15, 0.2) is 0 Å². The molecule has 3 rings (SSSR count). The predicted molar refractivity (Wildman–Crippen MR) is 52.3 cm³/mol. The van der Waals surface area contributed by atoms with Crippen molar-refractivity contribution in [1.29, 1.82) is 0 Å². The predicted octanol–water partition coefficient (Wildman–Crippen LogP) is 2.50. The molecule has 0 spiro atoms. The Kier molecular flexibility index (Phi) is 1.48. The van der Waals surface area contributed by atoms with Crippen LogP contribution in [-0.4, -0.2) is 10.7 Å². The Morgan fingerprint density at radius 3 is 3.08 bits per heavy atom. The van der Waals surface area contributed by atoms with Gasteiger partial charge in [0, 0.05) is 0 Å². The Morgan fingerprint density at radius 2 is 2.23 bits per heavy atom. The van der Waals surface area contributed by atoms with Gasteiger partial charge in [0.1, 0.15) is 0 Å². The van der Waals surface area contributed by atoms with E-state index in [1.165, 1.54) is 31.3 Å². The molecule has 0 aromatic carbocycles. The lowest BCUT2D eigenvalue weighted by atomic mass is 9.84. The van der Waals surface area contributed by atoms with Crippen molar-refractivity contribution in [3.8, 4) is 0 Å². The van der Waals surface area contributed by atoms with Gasteiger partial charge in [0.05, 0.1) is 5.60 Å². The third-order valence-corrected chi connectivity index (χ3v) is 4.66. The van der Waals surface area contributed by atoms with Gasteiger partial charge in [-0.3, -0.25) is 0 Å². The van der Waals surface area contributed by atoms with Crippen LogP contribution in [0.2, 0.25) is 0 Å². The second kappa shape index (κ2) is 2.38. The fourth-order valence-corrected chi connectivity index (χ4v) is 4.21. The topological polar surface area (TPSA) is 20.2 Å². The van der Waals surface area contributed by atoms with Gasteiger partial charge in [-0.25, -0.2) is 0 Å². The lowest BCUT2D eigenvalue weighted by Crippen LogP contribution is -2.35. The summed E-state index contributed by atoms with van der Waals surface area (Å²) in [5, 5.41) is 10.6. The highest BCUT2D eigenvalue weighted by molar-refractivity contribution is 5.20. The third-order valence-electron chi connectivity index (χ3n) is 4.66. The summed E-state index contributed by atoms with van der Waals surface area (Å²) in [7, 11) is 0. The molecule has 3 aliphatic rings. The van der Waals surface area contributed by atoms with Crippen LogP contribution < -0.4 is 0 Å². The summed E-state index contributed by atoms with van der Waals surface area (Å²) in [6, 6.07) is 0. The Hall–Kier alpha value is -0.300. The average molecular weight is 178 g/mol. The first kappa shape index (κ1) is 8.05. The van der Waals surface area contributed by atoms with Crippen molar-refractivity contribution in [1.82, 2.24) is 0 Å². The maximum Gasteiger partial charge on any atom is 0.0746 e. The lowest BCUT2D eigenvalue weighted by Gasteiger charge is -2.28. The molecular weight excluding hydrogens is 160 g/mol. The van der Waals surface area contributed by atoms with Crippen LogP contribution in [0.4, 0.5) is 0 Å². The summed E-state index contributed by atoms with van der Waals surface area (Å²) in [6.07, 6.45) is 7.26. The molecule has 1 heteroatoms. The summed E-state index contributed by atoms with van der Waals surface area (Å²) in [4.78, 5) is 0. The number of aliphatic hydroxyl groups is 1. The zero-order valence-corrected chi connectivity index (χ0v) is 8.13. The van der Waals surface area contributed by atoms with Gasteiger partial charge in [-0.05, 0) is 43.4 Å². The summed E-state index contributed by atoms with van der Waals surface area (Å²) in [5.74, 6) is 2.04. The van der Waals surface area contributed by atoms with E-state index in [-0.39, 0.29) is 5.60 Å². The van der Waals surface area contributed by atoms with E-state index in [2.05, 4.69) is 6.58 Å². The van der Waals surface area contributed by atoms with Gasteiger partial charge in [0.25, 0.3) is 0 Å². The minimum atomic E-state index is -0.321. The summed E-state index contributed by atoms with van der Waals surface area (Å²) < 4.78 is 0. The molecule has 1 N–H and O–H groups in total. The molecule has 3 saturated carbocycles. The molecule has 0 aliphatic heterocycles. The number of hydrogen-bond donors (Lipinski definition) is 1. The van der Waals surface area contributed by atoms with E-state index in [9.17, 15) is 5.11 Å². The molecule has 0 aromatic rings. The van der Waals surface area contributed by atoms with Crippen molar-refractivity contribution in [3.63, 3.8) is 0 Å². The van der Waals surface area contributed by atoms with Crippen molar-refractivity contribution in [2.75, 3.05) is 0 Å². The fraction of sp³-hybridized carbons (Fsp3) is 0.833. The quantitative estimate of drug-likeness (QED) is 0.565. The molecule has 0 radical (unpaired) electrons. The molecule has 1 nitrogen and oxygen atoms in total. The highest BCUT2D eigenvalue weighted by atomic mass is 16.3. The number of rotatable bonds is 0. The van der Waals surface area contributed by atoms with Crippen LogP contribution in [0.1, 0.15) is 38.5 Å². The van der Waals surface area contributed by atoms with E-state index in [0.717, 1.165) is 18.8 Å². The third kappa shape index (κ3) is 0.914. The van der Waals surface area contributed by atoms with E-state index >= 15 is 0 Å². The smallest absolute Gasteiger partial charge is 0.0746 e. The second-order valence-corrected chi connectivity index (χ2v) is 5.35. The molecule has 3 aliphatic carbocycles. The molecule has 0 heterocycles. The van der Waals surface area contributed by atoms with Gasteiger partial charge in [0.2, 0.25) is 0 Å². The van der Waals surface area contributed by atoms with Crippen LogP contribution in [0.5, 0.6) is 0 Å². The maximum atomic E-state index is 10.6. The molecule has 0 amide bonds. The molecule has 0 saturated heterocycles. The van der Waals surface area contributed by atoms with Crippen LogP contribution >= 0.6 is 0 Å². The SMILES string of the molecule is C=C1C[C@@H]2C[C@H]3CCC[C@H]3[C@]2(O)C1. The molecule has 0 aromatic heterocycles. The zero-order valence-electron chi connectivity index (χ0n) is 8.13. The molecule has 4 atom stereocenters. The summed E-state index contributed by atoms with van der Waals surface area (Å²) >= 11 is 0. The maximum absolute atomic E-state index is 10.6. The highest BCUT2D eigenvalue weighted by Gasteiger charge is 2.57. The molecule has 3 fully saturated rings. The van der Waals surface area contributed by atoms with E-state index < -0.39 is 0 Å². The minimum absolute atomic E-state index is 0.321. The van der Waals surface area contributed by atoms with Gasteiger partial charge >= 0.3 is 0 Å². The van der Waals surface area contributed by atoms with Crippen LogP contribution in [0.25, 0.3) is 0 Å². The average Bonchev–Trinajstić information content (AvgIpc) is 2.62. The zero-order chi connectivity index (χ0) is 9.05. The monoisotopic (exact) mass is 178 g/mol. The Morgan fingerprint density at radius 1 is 1.38 bits per heavy atom. The van der Waals surface area contributed by atoms with Crippen molar-refractivity contribution in [2.24, 2.45) is 17.8 Å². The van der Waals surface area contributed by atoms with Crippen molar-refractivity contribution < 1.29 is 5.11 Å². The van der Waals surface area contributed by atoms with Crippen molar-refractivity contribution >= 4 is 0 Å². The van der Waals surface area contributed by atoms with Crippen LogP contribution in [-0.2, 0) is 0 Å². The normalized spacial score (nSPS) is 53.9. The first-order chi connectivity index (χ1) is 6.20. The number of hydrogen-bond acceptors (Lipinski definition) is 1. The standard InChI is InChI=1S/C12H18O/c1-8-5-10-6-9-3-2-4-11(9)12(10,13)7-8/h9-11,13H,1-7H2/t9-,10-,11-,12+/m1/s1. The first-order valence-electron chi connectivity index (χ1n) is 5.59. The Bertz CT molecular complexity index is 258. The lowest BCUT2D eigenvalue weighted by molar-refractivity contribution is -0.0193. The van der Waals surface area contributed by atoms with Crippen LogP contribution in [0.3, 0.4) is 0 Å². The molecule has 0 bridgehead atoms. The van der Waals surface area contributed by atoms with E-state index in [4.69, 9.17) is 0 Å². The van der Waals surface area contributed by atoms with Crippen LogP contribution in [0.15, 0.2) is 12.2 Å². The summed E-state index contributed by atoms with van der Waals surface area (Å²) in [6.45, 7) is 4.04. The van der Waals surface area contributed by atoms with Gasteiger partial charge in [-0.15, -0.1) is 0 Å². The van der Waals surface area contributed by atoms with Gasteiger partial charge in [-0.2, -0.15) is 0 Å². The molecule has 72 valence electrons. The summed E-state index contributed by atoms with van der Waals surface area (Å²) in [5.41, 5.74) is 0.968. The Labute approximate surface area is 79.8 Å². The van der Waals surface area contributed by atoms with Gasteiger partial charge in [-0.1, -0.05) is 25.0 Å². The van der Waals surface area contributed by atoms with Gasteiger partial charge < -0.3 is 5.11 Å². The van der Waals surface area contributed by atoms with Crippen molar-refractivity contribution in [3.05, 3.63) is 12.2 Å². The van der Waals surface area contributed by atoms with Crippen molar-refractivity contribution in [2.45, 2.75) is 44.1 Å². The second-order valence-electron chi connectivity index (χ2n) is 5.35. The largest absolute Gasteiger partial charge is 0.389 e. The molecule has 13 heavy (non-hydrogen) atoms. The van der Waals surface area contributed by atoms with E-state index in [1.807, 2.05) is 0 Å². The van der Waals surface area contributed by atoms with E-state index in [1.54, 1.807) is 0 Å². The van der Waals surface area contributed by atoms with Crippen LogP contribution in [0, 0.1) is 17.8 Å². The number of fused-ring (bicyclic) bond motifs is 3. The highest BCUT2D eigenvalue weighted by Crippen LogP contribution is 2.59. The minimum Gasteiger partial charge on any atom is -0.389 e. The fourth-order valence-electron chi connectivity index (χ4n) is 4.21. The molecule has 0 unspecified atom stereocenters. The Balaban J connectivity index is 1.94.